The molecule has 2 aliphatic rings. The van der Waals surface area contributed by atoms with Crippen molar-refractivity contribution >= 4 is 86.2 Å². The summed E-state index contributed by atoms with van der Waals surface area (Å²) >= 11 is 0. The van der Waals surface area contributed by atoms with Crippen LogP contribution in [0.4, 0.5) is 0 Å². The fourth-order valence-corrected chi connectivity index (χ4v) is 15.0. The van der Waals surface area contributed by atoms with Crippen LogP contribution in [-0.2, 0) is 0 Å². The highest BCUT2D eigenvalue weighted by molar-refractivity contribution is 6.25. The van der Waals surface area contributed by atoms with Crippen molar-refractivity contribution in [3.63, 3.8) is 0 Å². The van der Waals surface area contributed by atoms with Gasteiger partial charge in [0.1, 0.15) is 23.0 Å². The van der Waals surface area contributed by atoms with Crippen LogP contribution in [-0.4, -0.2) is 0 Å². The average molecular weight is 1120 g/mol. The van der Waals surface area contributed by atoms with Crippen molar-refractivity contribution in [3.8, 4) is 112 Å². The number of fused-ring (bicyclic) bond motifs is 10. The minimum Gasteiger partial charge on any atom is -0.456 e. The van der Waals surface area contributed by atoms with E-state index < -0.39 is 0 Å². The second-order valence-electron chi connectivity index (χ2n) is 23.7. The Labute approximate surface area is 508 Å². The largest absolute Gasteiger partial charge is 0.456 e. The molecule has 0 radical (unpaired) electrons. The van der Waals surface area contributed by atoms with E-state index in [1.807, 2.05) is 0 Å². The lowest BCUT2D eigenvalue weighted by Gasteiger charge is -2.24. The van der Waals surface area contributed by atoms with E-state index in [0.717, 1.165) is 72.5 Å². The summed E-state index contributed by atoms with van der Waals surface area (Å²) in [5, 5.41) is 19.0. The summed E-state index contributed by atoms with van der Waals surface area (Å²) in [6.07, 6.45) is 0. The Hall–Kier alpha value is -11.6. The number of rotatable bonds is 6. The van der Waals surface area contributed by atoms with Gasteiger partial charge in [-0.1, -0.05) is 243 Å². The van der Waals surface area contributed by atoms with Crippen molar-refractivity contribution in [2.24, 2.45) is 0 Å². The molecule has 0 N–H and O–H groups in total. The van der Waals surface area contributed by atoms with Gasteiger partial charge in [-0.2, -0.15) is 0 Å². The molecule has 0 aromatic heterocycles. The highest BCUT2D eigenvalue weighted by atomic mass is 16.5. The lowest BCUT2D eigenvalue weighted by atomic mass is 9.82. The molecule has 2 heterocycles. The van der Waals surface area contributed by atoms with Gasteiger partial charge < -0.3 is 9.47 Å². The highest BCUT2D eigenvalue weighted by Crippen LogP contribution is 2.54. The monoisotopic (exact) mass is 1110 g/mol. The standard InChI is InChI=1S/C86H50O2/c1-3-17-55-45-59(35-33-51(55)15-1)63-23-5-6-24-66(63)86-72-28-10-9-27-71(72)83(62-40-42-65-68-30-12-20-54-22-14-32-78(85(54)68)88-80(65)50-62)76-48-58(38-44-74(76)86)57-37-43-73-75(47-57)82(60-36-34-52-16-2-4-18-56(52)46-60)70-26-8-7-25-69(70)81(73)61-39-41-64-67-29-11-19-53-21-13-31-77(84(53)67)87-79(64)49-61/h1-50H. The van der Waals surface area contributed by atoms with Gasteiger partial charge in [-0.15, -0.1) is 0 Å². The minimum atomic E-state index is 0.856. The molecule has 406 valence electrons. The summed E-state index contributed by atoms with van der Waals surface area (Å²) in [6, 6.07) is 112. The first-order valence-electron chi connectivity index (χ1n) is 30.4. The normalized spacial score (nSPS) is 12.3. The smallest absolute Gasteiger partial charge is 0.135 e. The lowest BCUT2D eigenvalue weighted by molar-refractivity contribution is 0.487. The number of hydrogen-bond acceptors (Lipinski definition) is 2. The van der Waals surface area contributed by atoms with Crippen LogP contribution < -0.4 is 9.47 Å². The first-order chi connectivity index (χ1) is 43.6. The second-order valence-corrected chi connectivity index (χ2v) is 23.7. The summed E-state index contributed by atoms with van der Waals surface area (Å²) in [4.78, 5) is 0. The van der Waals surface area contributed by atoms with E-state index in [0.29, 0.717) is 0 Å². The summed E-state index contributed by atoms with van der Waals surface area (Å²) < 4.78 is 13.8. The summed E-state index contributed by atoms with van der Waals surface area (Å²) in [5.74, 6) is 3.49. The summed E-state index contributed by atoms with van der Waals surface area (Å²) in [7, 11) is 0. The third-order valence-corrected chi connectivity index (χ3v) is 19.0. The molecule has 0 unspecified atom stereocenters. The molecule has 0 aliphatic carbocycles. The van der Waals surface area contributed by atoms with Gasteiger partial charge >= 0.3 is 0 Å². The SMILES string of the molecule is c1ccc(-c2c3ccccc3c(-c3ccc4c(c3)Oc3cccc5cccc-4c35)c3cc(-c4ccc5c(-c6ccc7c(c6)Oc6cccc8cccc-7c68)c6ccccc6c(-c6ccc7ccccc7c6)c5c4)ccc23)c(-c2ccc3ccccc3c2)c1. The zero-order valence-electron chi connectivity index (χ0n) is 47.7. The van der Waals surface area contributed by atoms with Gasteiger partial charge in [0.25, 0.3) is 0 Å². The first kappa shape index (κ1) is 48.8. The molecule has 2 aliphatic heterocycles. The van der Waals surface area contributed by atoms with Crippen LogP contribution >= 0.6 is 0 Å². The zero-order chi connectivity index (χ0) is 57.6. The molecule has 0 bridgehead atoms. The van der Waals surface area contributed by atoms with Gasteiger partial charge in [0.2, 0.25) is 0 Å². The van der Waals surface area contributed by atoms with E-state index in [1.54, 1.807) is 0 Å². The maximum atomic E-state index is 6.95. The summed E-state index contributed by atoms with van der Waals surface area (Å²) in [5.41, 5.74) is 18.6. The number of benzene rings is 17. The van der Waals surface area contributed by atoms with E-state index in [9.17, 15) is 0 Å². The Kier molecular flexibility index (Phi) is 10.5. The molecule has 2 heteroatoms. The maximum absolute atomic E-state index is 6.95. The topological polar surface area (TPSA) is 18.5 Å². The average Bonchev–Trinajstić information content (AvgIpc) is 0.824. The van der Waals surface area contributed by atoms with Gasteiger partial charge in [-0.25, -0.2) is 0 Å². The number of ether oxygens (including phenoxy) is 2. The van der Waals surface area contributed by atoms with Gasteiger partial charge in [-0.3, -0.25) is 0 Å². The van der Waals surface area contributed by atoms with Crippen LogP contribution in [0.1, 0.15) is 0 Å². The quantitative estimate of drug-likeness (QED) is 0.155. The zero-order valence-corrected chi connectivity index (χ0v) is 47.7. The highest BCUT2D eigenvalue weighted by Gasteiger charge is 2.27. The molecule has 0 fully saturated rings. The van der Waals surface area contributed by atoms with Crippen LogP contribution in [0, 0.1) is 0 Å². The van der Waals surface area contributed by atoms with Gasteiger partial charge in [0.15, 0.2) is 0 Å². The molecule has 0 saturated carbocycles. The van der Waals surface area contributed by atoms with Crippen LogP contribution in [0.2, 0.25) is 0 Å². The van der Waals surface area contributed by atoms with E-state index >= 15 is 0 Å². The Bertz CT molecular complexity index is 5880. The van der Waals surface area contributed by atoms with E-state index in [-0.39, 0.29) is 0 Å². The van der Waals surface area contributed by atoms with Crippen molar-refractivity contribution < 1.29 is 9.47 Å². The third kappa shape index (κ3) is 7.36. The van der Waals surface area contributed by atoms with Gasteiger partial charge in [0.05, 0.1) is 0 Å². The minimum absolute atomic E-state index is 0.856. The van der Waals surface area contributed by atoms with E-state index in [2.05, 4.69) is 303 Å². The molecule has 0 atom stereocenters. The predicted molar refractivity (Wildman–Crippen MR) is 370 cm³/mol. The fourth-order valence-electron chi connectivity index (χ4n) is 15.0. The molecular weight excluding hydrogens is 1060 g/mol. The van der Waals surface area contributed by atoms with Crippen LogP contribution in [0.25, 0.3) is 175 Å². The molecule has 2 nitrogen and oxygen atoms in total. The van der Waals surface area contributed by atoms with Crippen molar-refractivity contribution in [2.75, 3.05) is 0 Å². The third-order valence-electron chi connectivity index (χ3n) is 19.0. The Morgan fingerprint density at radius 3 is 1.05 bits per heavy atom. The van der Waals surface area contributed by atoms with Crippen LogP contribution in [0.15, 0.2) is 303 Å². The molecule has 17 aromatic carbocycles. The van der Waals surface area contributed by atoms with E-state index in [1.165, 1.54) is 126 Å². The van der Waals surface area contributed by atoms with Crippen LogP contribution in [0.3, 0.4) is 0 Å². The van der Waals surface area contributed by atoms with Crippen molar-refractivity contribution in [1.29, 1.82) is 0 Å². The first-order valence-corrected chi connectivity index (χ1v) is 30.4. The van der Waals surface area contributed by atoms with Crippen molar-refractivity contribution in [3.05, 3.63) is 303 Å². The molecule has 88 heavy (non-hydrogen) atoms. The Morgan fingerprint density at radius 1 is 0.159 bits per heavy atom. The molecule has 0 amide bonds. The molecular formula is C86H50O2. The number of hydrogen-bond donors (Lipinski definition) is 0. The molecule has 0 saturated heterocycles. The van der Waals surface area contributed by atoms with Gasteiger partial charge in [0, 0.05) is 21.9 Å². The Morgan fingerprint density at radius 2 is 0.511 bits per heavy atom. The van der Waals surface area contributed by atoms with Crippen LogP contribution in [0.5, 0.6) is 23.0 Å². The second kappa shape index (κ2) is 19.0. The fraction of sp³-hybridized carbons (Fsp3) is 0. The molecule has 17 aromatic rings. The lowest BCUT2D eigenvalue weighted by Crippen LogP contribution is -1.98. The van der Waals surface area contributed by atoms with Gasteiger partial charge in [-0.05, 0) is 214 Å². The summed E-state index contributed by atoms with van der Waals surface area (Å²) in [6.45, 7) is 0. The Balaban J connectivity index is 0.867. The van der Waals surface area contributed by atoms with E-state index in [4.69, 9.17) is 9.47 Å². The molecule has 19 rings (SSSR count). The maximum Gasteiger partial charge on any atom is 0.135 e. The van der Waals surface area contributed by atoms with Crippen molar-refractivity contribution in [1.82, 2.24) is 0 Å². The molecule has 0 spiro atoms. The predicted octanol–water partition coefficient (Wildman–Crippen LogP) is 24.5. The van der Waals surface area contributed by atoms with Crippen molar-refractivity contribution in [2.45, 2.75) is 0 Å².